The number of rotatable bonds is 6. The van der Waals surface area contributed by atoms with Crippen LogP contribution in [-0.2, 0) is 9.53 Å². The molecule has 0 atom stereocenters. The molecule has 1 aromatic rings. The van der Waals surface area contributed by atoms with E-state index in [9.17, 15) is 14.0 Å². The number of amides is 1. The molecule has 0 saturated heterocycles. The summed E-state index contributed by atoms with van der Waals surface area (Å²) < 4.78 is 17.7. The average Bonchev–Trinajstić information content (AvgIpc) is 2.31. The summed E-state index contributed by atoms with van der Waals surface area (Å²) in [5.74, 6) is -1.96. The second-order valence-corrected chi connectivity index (χ2v) is 3.66. The standard InChI is InChI=1S/C12H14FNO4/c1-8-2-3-9(13)6-10(8)12(17)14-4-5-18-7-11(15)16/h2-3,6H,4-5,7H2,1H3,(H,14,17)(H,15,16). The summed E-state index contributed by atoms with van der Waals surface area (Å²) in [4.78, 5) is 21.8. The van der Waals surface area contributed by atoms with E-state index in [1.807, 2.05) is 0 Å². The fraction of sp³-hybridized carbons (Fsp3) is 0.333. The van der Waals surface area contributed by atoms with Crippen molar-refractivity contribution in [3.05, 3.63) is 35.1 Å². The Balaban J connectivity index is 2.41. The molecule has 0 radical (unpaired) electrons. The van der Waals surface area contributed by atoms with Crippen molar-refractivity contribution >= 4 is 11.9 Å². The summed E-state index contributed by atoms with van der Waals surface area (Å²) in [6, 6.07) is 3.95. The van der Waals surface area contributed by atoms with Crippen LogP contribution >= 0.6 is 0 Å². The number of carboxylic acids is 1. The molecule has 0 aliphatic rings. The van der Waals surface area contributed by atoms with Gasteiger partial charge in [-0.3, -0.25) is 4.79 Å². The van der Waals surface area contributed by atoms with Gasteiger partial charge in [0, 0.05) is 12.1 Å². The molecule has 0 saturated carbocycles. The lowest BCUT2D eigenvalue weighted by molar-refractivity contribution is -0.142. The largest absolute Gasteiger partial charge is 0.480 e. The Kier molecular flexibility index (Phi) is 5.26. The molecule has 0 aliphatic carbocycles. The predicted molar refractivity (Wildman–Crippen MR) is 61.9 cm³/mol. The van der Waals surface area contributed by atoms with Crippen LogP contribution in [0.3, 0.4) is 0 Å². The van der Waals surface area contributed by atoms with Gasteiger partial charge in [0.25, 0.3) is 5.91 Å². The van der Waals surface area contributed by atoms with Crippen molar-refractivity contribution in [2.24, 2.45) is 0 Å². The third-order valence-electron chi connectivity index (χ3n) is 2.20. The zero-order valence-corrected chi connectivity index (χ0v) is 9.90. The summed E-state index contributed by atoms with van der Waals surface area (Å²) >= 11 is 0. The molecule has 98 valence electrons. The Hall–Kier alpha value is -1.95. The summed E-state index contributed by atoms with van der Waals surface area (Å²) in [6.45, 7) is 1.55. The minimum absolute atomic E-state index is 0.0897. The van der Waals surface area contributed by atoms with E-state index in [1.165, 1.54) is 12.1 Å². The number of benzene rings is 1. The van der Waals surface area contributed by atoms with E-state index in [1.54, 1.807) is 6.92 Å². The van der Waals surface area contributed by atoms with Gasteiger partial charge in [-0.15, -0.1) is 0 Å². The summed E-state index contributed by atoms with van der Waals surface area (Å²) in [5.41, 5.74) is 0.925. The van der Waals surface area contributed by atoms with Gasteiger partial charge >= 0.3 is 5.97 Å². The monoisotopic (exact) mass is 255 g/mol. The first-order chi connectivity index (χ1) is 8.50. The highest BCUT2D eigenvalue weighted by atomic mass is 19.1. The second-order valence-electron chi connectivity index (χ2n) is 3.66. The zero-order chi connectivity index (χ0) is 13.5. The fourth-order valence-electron chi connectivity index (χ4n) is 1.33. The predicted octanol–water partition coefficient (Wildman–Crippen LogP) is 0.965. The Labute approximate surface area is 104 Å². The van der Waals surface area contributed by atoms with Crippen LogP contribution in [0, 0.1) is 12.7 Å². The molecule has 0 heterocycles. The maximum atomic E-state index is 13.0. The number of ether oxygens (including phenoxy) is 1. The number of carboxylic acid groups (broad SMARTS) is 1. The number of halogens is 1. The van der Waals surface area contributed by atoms with Crippen molar-refractivity contribution in [1.82, 2.24) is 5.32 Å². The molecular formula is C12H14FNO4. The third kappa shape index (κ3) is 4.50. The molecule has 1 amide bonds. The van der Waals surface area contributed by atoms with Gasteiger partial charge in [0.15, 0.2) is 0 Å². The van der Waals surface area contributed by atoms with Gasteiger partial charge in [0.1, 0.15) is 12.4 Å². The minimum Gasteiger partial charge on any atom is -0.480 e. The van der Waals surface area contributed by atoms with Gasteiger partial charge in [-0.05, 0) is 24.6 Å². The highest BCUT2D eigenvalue weighted by molar-refractivity contribution is 5.95. The maximum absolute atomic E-state index is 13.0. The van der Waals surface area contributed by atoms with Gasteiger partial charge in [-0.1, -0.05) is 6.07 Å². The Bertz CT molecular complexity index is 448. The zero-order valence-electron chi connectivity index (χ0n) is 9.90. The number of aryl methyl sites for hydroxylation is 1. The Morgan fingerprint density at radius 1 is 1.44 bits per heavy atom. The van der Waals surface area contributed by atoms with Gasteiger partial charge in [0.05, 0.1) is 6.61 Å². The van der Waals surface area contributed by atoms with E-state index < -0.39 is 24.3 Å². The lowest BCUT2D eigenvalue weighted by atomic mass is 10.1. The molecule has 18 heavy (non-hydrogen) atoms. The van der Waals surface area contributed by atoms with Crippen LogP contribution in [0.2, 0.25) is 0 Å². The van der Waals surface area contributed by atoms with Gasteiger partial charge in [-0.2, -0.15) is 0 Å². The molecule has 0 aromatic heterocycles. The van der Waals surface area contributed by atoms with E-state index >= 15 is 0 Å². The van der Waals surface area contributed by atoms with Crippen LogP contribution in [0.1, 0.15) is 15.9 Å². The van der Waals surface area contributed by atoms with Crippen molar-refractivity contribution in [2.75, 3.05) is 19.8 Å². The highest BCUT2D eigenvalue weighted by Crippen LogP contribution is 2.09. The van der Waals surface area contributed by atoms with Crippen molar-refractivity contribution < 1.29 is 23.8 Å². The van der Waals surface area contributed by atoms with E-state index in [4.69, 9.17) is 9.84 Å². The molecule has 0 aliphatic heterocycles. The summed E-state index contributed by atoms with van der Waals surface area (Å²) in [5, 5.41) is 10.8. The molecule has 6 heteroatoms. The first kappa shape index (κ1) is 14.1. The van der Waals surface area contributed by atoms with E-state index in [0.717, 1.165) is 6.07 Å². The number of carbonyl (C=O) groups is 2. The number of hydrogen-bond donors (Lipinski definition) is 2. The van der Waals surface area contributed by atoms with Gasteiger partial charge in [-0.25, -0.2) is 9.18 Å². The smallest absolute Gasteiger partial charge is 0.329 e. The van der Waals surface area contributed by atoms with Gasteiger partial charge < -0.3 is 15.2 Å². The van der Waals surface area contributed by atoms with Gasteiger partial charge in [0.2, 0.25) is 0 Å². The van der Waals surface area contributed by atoms with Crippen LogP contribution in [0.15, 0.2) is 18.2 Å². The Morgan fingerprint density at radius 3 is 2.83 bits per heavy atom. The maximum Gasteiger partial charge on any atom is 0.329 e. The molecule has 0 unspecified atom stereocenters. The van der Waals surface area contributed by atoms with Crippen LogP contribution in [0.4, 0.5) is 4.39 Å². The molecule has 1 rings (SSSR count). The molecule has 0 bridgehead atoms. The van der Waals surface area contributed by atoms with Crippen LogP contribution in [-0.4, -0.2) is 36.7 Å². The average molecular weight is 255 g/mol. The molecule has 0 spiro atoms. The molecular weight excluding hydrogens is 241 g/mol. The number of hydrogen-bond acceptors (Lipinski definition) is 3. The lowest BCUT2D eigenvalue weighted by Gasteiger charge is -2.07. The number of aliphatic carboxylic acids is 1. The first-order valence-corrected chi connectivity index (χ1v) is 5.34. The molecule has 0 fully saturated rings. The summed E-state index contributed by atoms with van der Waals surface area (Å²) in [6.07, 6.45) is 0. The number of nitrogens with one attached hydrogen (secondary N) is 1. The van der Waals surface area contributed by atoms with Crippen LogP contribution < -0.4 is 5.32 Å². The minimum atomic E-state index is -1.07. The van der Waals surface area contributed by atoms with E-state index in [2.05, 4.69) is 5.32 Å². The third-order valence-corrected chi connectivity index (χ3v) is 2.20. The second kappa shape index (κ2) is 6.70. The summed E-state index contributed by atoms with van der Waals surface area (Å²) in [7, 11) is 0. The normalized spacial score (nSPS) is 10.1. The quantitative estimate of drug-likeness (QED) is 0.742. The van der Waals surface area contributed by atoms with Crippen molar-refractivity contribution in [3.63, 3.8) is 0 Å². The van der Waals surface area contributed by atoms with E-state index in [0.29, 0.717) is 5.56 Å². The van der Waals surface area contributed by atoms with Crippen molar-refractivity contribution in [2.45, 2.75) is 6.92 Å². The first-order valence-electron chi connectivity index (χ1n) is 5.34. The SMILES string of the molecule is Cc1ccc(F)cc1C(=O)NCCOCC(=O)O. The van der Waals surface area contributed by atoms with Crippen LogP contribution in [0.25, 0.3) is 0 Å². The van der Waals surface area contributed by atoms with Crippen molar-refractivity contribution in [3.8, 4) is 0 Å². The Morgan fingerprint density at radius 2 is 2.17 bits per heavy atom. The lowest BCUT2D eigenvalue weighted by Crippen LogP contribution is -2.28. The molecule has 2 N–H and O–H groups in total. The van der Waals surface area contributed by atoms with E-state index in [-0.39, 0.29) is 18.7 Å². The topological polar surface area (TPSA) is 75.6 Å². The van der Waals surface area contributed by atoms with Crippen LogP contribution in [0.5, 0.6) is 0 Å². The fourth-order valence-corrected chi connectivity index (χ4v) is 1.33. The molecule has 5 nitrogen and oxygen atoms in total. The van der Waals surface area contributed by atoms with Crippen molar-refractivity contribution in [1.29, 1.82) is 0 Å². The number of carbonyl (C=O) groups excluding carboxylic acids is 1. The molecule has 1 aromatic carbocycles. The highest BCUT2D eigenvalue weighted by Gasteiger charge is 2.09.